The van der Waals surface area contributed by atoms with Gasteiger partial charge in [-0.25, -0.2) is 9.50 Å². The molecule has 0 N–H and O–H groups in total. The number of carbonyl (C=O) groups is 2. The molecule has 0 aliphatic carbocycles. The molecule has 3 heterocycles. The van der Waals surface area contributed by atoms with Crippen LogP contribution in [0.4, 0.5) is 13.2 Å². The van der Waals surface area contributed by atoms with Gasteiger partial charge in [-0.15, -0.1) is 5.10 Å². The van der Waals surface area contributed by atoms with Gasteiger partial charge in [0.05, 0.1) is 12.5 Å². The Bertz CT molecular complexity index is 957. The molecule has 1 atom stereocenters. The number of carbonyl (C=O) groups excluding carboxylic acids is 2. The van der Waals surface area contributed by atoms with Gasteiger partial charge in [-0.2, -0.15) is 18.2 Å². The highest BCUT2D eigenvalue weighted by atomic mass is 19.4. The number of piperidine rings is 1. The summed E-state index contributed by atoms with van der Waals surface area (Å²) < 4.78 is 44.8. The number of aryl methyl sites for hydroxylation is 2. The van der Waals surface area contributed by atoms with Crippen molar-refractivity contribution in [3.05, 3.63) is 22.8 Å². The van der Waals surface area contributed by atoms with Crippen LogP contribution in [0.25, 0.3) is 5.78 Å². The lowest BCUT2D eigenvalue weighted by molar-refractivity contribution is -0.151. The van der Waals surface area contributed by atoms with Crippen LogP contribution in [-0.2, 0) is 26.9 Å². The number of ether oxygens (including phenoxy) is 1. The third-order valence-corrected chi connectivity index (χ3v) is 5.29. The number of hydrogen-bond donors (Lipinski definition) is 0. The number of amides is 1. The van der Waals surface area contributed by atoms with Crippen molar-refractivity contribution < 1.29 is 27.5 Å². The van der Waals surface area contributed by atoms with Crippen LogP contribution in [0.1, 0.15) is 49.0 Å². The summed E-state index contributed by atoms with van der Waals surface area (Å²) in [6.45, 7) is 6.25. The number of aromatic nitrogens is 4. The van der Waals surface area contributed by atoms with Crippen molar-refractivity contribution >= 4 is 17.7 Å². The Balaban J connectivity index is 1.72. The molecule has 0 aromatic carbocycles. The fourth-order valence-corrected chi connectivity index (χ4v) is 3.74. The lowest BCUT2D eigenvalue weighted by Crippen LogP contribution is -2.42. The fraction of sp³-hybridized carbons (Fsp3) is 0.632. The lowest BCUT2D eigenvalue weighted by Gasteiger charge is -2.31. The maximum atomic E-state index is 12.9. The molecule has 1 saturated heterocycles. The van der Waals surface area contributed by atoms with E-state index in [1.807, 2.05) is 0 Å². The van der Waals surface area contributed by atoms with Crippen molar-refractivity contribution in [2.75, 3.05) is 19.7 Å². The number of esters is 1. The van der Waals surface area contributed by atoms with E-state index in [4.69, 9.17) is 4.74 Å². The Morgan fingerprint density at radius 2 is 1.97 bits per heavy atom. The summed E-state index contributed by atoms with van der Waals surface area (Å²) >= 11 is 0. The maximum absolute atomic E-state index is 12.9. The first-order chi connectivity index (χ1) is 14.1. The average Bonchev–Trinajstić information content (AvgIpc) is 3.12. The second kappa shape index (κ2) is 8.57. The minimum atomic E-state index is -4.66. The van der Waals surface area contributed by atoms with Crippen molar-refractivity contribution in [2.45, 2.75) is 52.6 Å². The lowest BCUT2D eigenvalue weighted by atomic mass is 9.97. The molecule has 2 aromatic rings. The SMILES string of the molecule is CCOC(=O)[C@H]1CCCN(C(=O)CCc2c(C)nc3nc(C(F)(F)F)nn3c2C)C1. The highest BCUT2D eigenvalue weighted by Gasteiger charge is 2.37. The normalized spacial score (nSPS) is 17.4. The summed E-state index contributed by atoms with van der Waals surface area (Å²) in [5, 5.41) is 3.52. The Kier molecular flexibility index (Phi) is 6.27. The zero-order chi connectivity index (χ0) is 22.1. The van der Waals surface area contributed by atoms with Gasteiger partial charge in [0.2, 0.25) is 5.91 Å². The largest absolute Gasteiger partial charge is 0.466 e. The van der Waals surface area contributed by atoms with E-state index in [9.17, 15) is 22.8 Å². The minimum Gasteiger partial charge on any atom is -0.466 e. The molecule has 0 unspecified atom stereocenters. The summed E-state index contributed by atoms with van der Waals surface area (Å²) in [6.07, 6.45) is -2.78. The number of alkyl halides is 3. The summed E-state index contributed by atoms with van der Waals surface area (Å²) in [6, 6.07) is 0. The van der Waals surface area contributed by atoms with Crippen molar-refractivity contribution in [2.24, 2.45) is 5.92 Å². The summed E-state index contributed by atoms with van der Waals surface area (Å²) in [5.41, 5.74) is 1.64. The van der Waals surface area contributed by atoms with E-state index in [0.29, 0.717) is 49.5 Å². The highest BCUT2D eigenvalue weighted by Crippen LogP contribution is 2.27. The molecule has 8 nitrogen and oxygen atoms in total. The van der Waals surface area contributed by atoms with Gasteiger partial charge in [-0.3, -0.25) is 9.59 Å². The third kappa shape index (κ3) is 4.54. The predicted molar refractivity (Wildman–Crippen MR) is 99.5 cm³/mol. The quantitative estimate of drug-likeness (QED) is 0.681. The van der Waals surface area contributed by atoms with Gasteiger partial charge < -0.3 is 9.64 Å². The smallest absolute Gasteiger partial charge is 0.453 e. The number of halogens is 3. The number of hydrogen-bond acceptors (Lipinski definition) is 6. The maximum Gasteiger partial charge on any atom is 0.453 e. The Hall–Kier alpha value is -2.72. The second-order valence-corrected chi connectivity index (χ2v) is 7.34. The van der Waals surface area contributed by atoms with Crippen LogP contribution in [-0.4, -0.2) is 56.1 Å². The Labute approximate surface area is 171 Å². The van der Waals surface area contributed by atoms with Crippen LogP contribution >= 0.6 is 0 Å². The predicted octanol–water partition coefficient (Wildman–Crippen LogP) is 2.49. The van der Waals surface area contributed by atoms with Gasteiger partial charge in [0.25, 0.3) is 11.6 Å². The molecule has 30 heavy (non-hydrogen) atoms. The van der Waals surface area contributed by atoms with Gasteiger partial charge >= 0.3 is 12.1 Å². The number of nitrogens with zero attached hydrogens (tertiary/aromatic N) is 5. The second-order valence-electron chi connectivity index (χ2n) is 7.34. The van der Waals surface area contributed by atoms with E-state index in [2.05, 4.69) is 15.1 Å². The van der Waals surface area contributed by atoms with E-state index in [1.165, 1.54) is 0 Å². The van der Waals surface area contributed by atoms with Gasteiger partial charge in [0, 0.05) is 30.9 Å². The molecule has 164 valence electrons. The van der Waals surface area contributed by atoms with Crippen molar-refractivity contribution in [1.29, 1.82) is 0 Å². The van der Waals surface area contributed by atoms with E-state index in [1.54, 1.807) is 25.7 Å². The molecule has 0 spiro atoms. The van der Waals surface area contributed by atoms with Crippen molar-refractivity contribution in [3.63, 3.8) is 0 Å². The van der Waals surface area contributed by atoms with Crippen LogP contribution in [0.5, 0.6) is 0 Å². The van der Waals surface area contributed by atoms with E-state index >= 15 is 0 Å². The van der Waals surface area contributed by atoms with Crippen molar-refractivity contribution in [1.82, 2.24) is 24.5 Å². The first-order valence-electron chi connectivity index (χ1n) is 9.86. The molecular formula is C19H24F3N5O3. The summed E-state index contributed by atoms with van der Waals surface area (Å²) in [4.78, 5) is 33.9. The van der Waals surface area contributed by atoms with Crippen LogP contribution in [0, 0.1) is 19.8 Å². The van der Waals surface area contributed by atoms with E-state index < -0.39 is 12.0 Å². The van der Waals surface area contributed by atoms with Gasteiger partial charge in [-0.05, 0) is 45.6 Å². The Morgan fingerprint density at radius 1 is 1.23 bits per heavy atom. The van der Waals surface area contributed by atoms with Gasteiger partial charge in [0.15, 0.2) is 0 Å². The molecule has 1 aliphatic heterocycles. The molecule has 2 aromatic heterocycles. The molecule has 0 saturated carbocycles. The molecule has 3 rings (SSSR count). The third-order valence-electron chi connectivity index (χ3n) is 5.29. The number of fused-ring (bicyclic) bond motifs is 1. The van der Waals surface area contributed by atoms with Crippen LogP contribution < -0.4 is 0 Å². The van der Waals surface area contributed by atoms with Gasteiger partial charge in [-0.1, -0.05) is 0 Å². The van der Waals surface area contributed by atoms with E-state index in [0.717, 1.165) is 10.9 Å². The van der Waals surface area contributed by atoms with Gasteiger partial charge in [0.1, 0.15) is 0 Å². The zero-order valence-electron chi connectivity index (χ0n) is 17.1. The molecule has 0 bridgehead atoms. The molecule has 1 aliphatic rings. The summed E-state index contributed by atoms with van der Waals surface area (Å²) in [7, 11) is 0. The average molecular weight is 427 g/mol. The van der Waals surface area contributed by atoms with E-state index in [-0.39, 0.29) is 30.0 Å². The molecule has 11 heteroatoms. The number of likely N-dealkylation sites (tertiary alicyclic amines) is 1. The van der Waals surface area contributed by atoms with Crippen LogP contribution in [0.15, 0.2) is 0 Å². The monoisotopic (exact) mass is 427 g/mol. The Morgan fingerprint density at radius 3 is 2.63 bits per heavy atom. The van der Waals surface area contributed by atoms with Crippen LogP contribution in [0.2, 0.25) is 0 Å². The molecule has 1 amide bonds. The first kappa shape index (κ1) is 22.0. The molecule has 1 fully saturated rings. The number of rotatable bonds is 5. The van der Waals surface area contributed by atoms with Crippen LogP contribution in [0.3, 0.4) is 0 Å². The standard InChI is InChI=1S/C19H24F3N5O3/c1-4-30-16(29)13-6-5-9-26(10-13)15(28)8-7-14-11(2)23-18-24-17(19(20,21)22)25-27(18)12(14)3/h13H,4-10H2,1-3H3/t13-/m0/s1. The molecule has 0 radical (unpaired) electrons. The first-order valence-corrected chi connectivity index (χ1v) is 9.86. The minimum absolute atomic E-state index is 0.113. The highest BCUT2D eigenvalue weighted by molar-refractivity contribution is 5.78. The topological polar surface area (TPSA) is 89.7 Å². The zero-order valence-corrected chi connectivity index (χ0v) is 17.1. The fourth-order valence-electron chi connectivity index (χ4n) is 3.74. The molecular weight excluding hydrogens is 403 g/mol. The van der Waals surface area contributed by atoms with Crippen molar-refractivity contribution in [3.8, 4) is 0 Å². The summed E-state index contributed by atoms with van der Waals surface area (Å²) in [5.74, 6) is -2.09.